The molecule has 1 aliphatic heterocycles. The number of aryl methyl sites for hydroxylation is 1. The summed E-state index contributed by atoms with van der Waals surface area (Å²) in [6.07, 6.45) is 0. The molecule has 0 radical (unpaired) electrons. The van der Waals surface area contributed by atoms with E-state index in [2.05, 4.69) is 27.0 Å². The first-order chi connectivity index (χ1) is 9.12. The maximum atomic E-state index is 9.48. The van der Waals surface area contributed by atoms with Crippen LogP contribution in [-0.2, 0) is 4.74 Å². The molecular weight excluding hydrogens is 242 g/mol. The van der Waals surface area contributed by atoms with Crippen LogP contribution in [0.3, 0.4) is 0 Å². The van der Waals surface area contributed by atoms with Crippen molar-refractivity contribution < 1.29 is 9.84 Å². The van der Waals surface area contributed by atoms with Gasteiger partial charge in [0.2, 0.25) is 0 Å². The third kappa shape index (κ3) is 2.19. The van der Waals surface area contributed by atoms with Crippen molar-refractivity contribution in [3.8, 4) is 0 Å². The number of hydrogen-bond acceptors (Lipinski definition) is 4. The largest absolute Gasteiger partial charge is 0.396 e. The van der Waals surface area contributed by atoms with Crippen LogP contribution in [0.1, 0.15) is 5.82 Å². The van der Waals surface area contributed by atoms with Gasteiger partial charge in [-0.15, -0.1) is 0 Å². The highest BCUT2D eigenvalue weighted by atomic mass is 16.5. The average molecular weight is 261 g/mol. The van der Waals surface area contributed by atoms with Gasteiger partial charge >= 0.3 is 0 Å². The minimum Gasteiger partial charge on any atom is -0.396 e. The minimum atomic E-state index is -0.104. The van der Waals surface area contributed by atoms with Gasteiger partial charge in [0.05, 0.1) is 36.3 Å². The van der Waals surface area contributed by atoms with E-state index in [1.807, 2.05) is 20.0 Å². The molecular formula is C14H19N3O2. The molecule has 1 aliphatic rings. The fraction of sp³-hybridized carbons (Fsp3) is 0.500. The van der Waals surface area contributed by atoms with E-state index < -0.39 is 0 Å². The summed E-state index contributed by atoms with van der Waals surface area (Å²) in [5.74, 6) is 0.925. The second kappa shape index (κ2) is 4.51. The van der Waals surface area contributed by atoms with Gasteiger partial charge in [-0.05, 0) is 25.1 Å². The van der Waals surface area contributed by atoms with Crippen LogP contribution in [0, 0.1) is 12.3 Å². The van der Waals surface area contributed by atoms with Gasteiger partial charge in [0.25, 0.3) is 0 Å². The number of aromatic amines is 1. The van der Waals surface area contributed by atoms with Crippen molar-refractivity contribution in [2.24, 2.45) is 5.41 Å². The van der Waals surface area contributed by atoms with Gasteiger partial charge in [-0.3, -0.25) is 0 Å². The molecule has 0 unspecified atom stereocenters. The predicted octanol–water partition coefficient (Wildman–Crippen LogP) is 1.32. The lowest BCUT2D eigenvalue weighted by molar-refractivity contribution is -0.130. The standard InChI is InChI=1S/C14H19N3O2/c1-10-15-12-4-3-11(5-13(12)16-10)17(2)6-14(7-18)8-19-9-14/h3-5,18H,6-9H2,1-2H3,(H,15,16). The van der Waals surface area contributed by atoms with Crippen molar-refractivity contribution in [1.29, 1.82) is 0 Å². The van der Waals surface area contributed by atoms with E-state index in [9.17, 15) is 5.11 Å². The van der Waals surface area contributed by atoms with Crippen molar-refractivity contribution in [1.82, 2.24) is 9.97 Å². The third-order valence-electron chi connectivity index (χ3n) is 3.75. The van der Waals surface area contributed by atoms with Gasteiger partial charge in [0, 0.05) is 19.3 Å². The molecule has 5 heteroatoms. The topological polar surface area (TPSA) is 61.4 Å². The zero-order valence-corrected chi connectivity index (χ0v) is 11.3. The fourth-order valence-electron chi connectivity index (χ4n) is 2.58. The molecule has 0 saturated carbocycles. The highest BCUT2D eigenvalue weighted by Crippen LogP contribution is 2.30. The van der Waals surface area contributed by atoms with E-state index >= 15 is 0 Å². The molecule has 1 aromatic carbocycles. The first-order valence-electron chi connectivity index (χ1n) is 6.48. The van der Waals surface area contributed by atoms with Gasteiger partial charge in [-0.25, -0.2) is 4.98 Å². The zero-order valence-electron chi connectivity index (χ0n) is 11.3. The summed E-state index contributed by atoms with van der Waals surface area (Å²) in [6.45, 7) is 4.19. The van der Waals surface area contributed by atoms with E-state index in [1.165, 1.54) is 0 Å². The molecule has 19 heavy (non-hydrogen) atoms. The van der Waals surface area contributed by atoms with E-state index in [-0.39, 0.29) is 12.0 Å². The predicted molar refractivity (Wildman–Crippen MR) is 74.4 cm³/mol. The molecule has 1 fully saturated rings. The monoisotopic (exact) mass is 261 g/mol. The lowest BCUT2D eigenvalue weighted by Gasteiger charge is -2.42. The summed E-state index contributed by atoms with van der Waals surface area (Å²) in [4.78, 5) is 9.81. The molecule has 1 saturated heterocycles. The Morgan fingerprint density at radius 3 is 2.89 bits per heavy atom. The molecule has 2 aromatic rings. The van der Waals surface area contributed by atoms with Gasteiger partial charge in [0.15, 0.2) is 0 Å². The molecule has 5 nitrogen and oxygen atoms in total. The molecule has 0 spiro atoms. The first-order valence-corrected chi connectivity index (χ1v) is 6.48. The maximum Gasteiger partial charge on any atom is 0.104 e. The molecule has 2 N–H and O–H groups in total. The number of fused-ring (bicyclic) bond motifs is 1. The van der Waals surface area contributed by atoms with Crippen molar-refractivity contribution in [2.75, 3.05) is 38.3 Å². The first kappa shape index (κ1) is 12.4. The van der Waals surface area contributed by atoms with Crippen LogP contribution in [0.15, 0.2) is 18.2 Å². The molecule has 2 heterocycles. The maximum absolute atomic E-state index is 9.48. The molecule has 3 rings (SSSR count). The van der Waals surface area contributed by atoms with Gasteiger partial charge in [-0.1, -0.05) is 0 Å². The van der Waals surface area contributed by atoms with E-state index in [1.54, 1.807) is 0 Å². The average Bonchev–Trinajstić information content (AvgIpc) is 2.72. The Balaban J connectivity index is 1.82. The molecule has 0 aliphatic carbocycles. The van der Waals surface area contributed by atoms with E-state index in [4.69, 9.17) is 4.74 Å². The van der Waals surface area contributed by atoms with E-state index in [0.29, 0.717) is 13.2 Å². The van der Waals surface area contributed by atoms with Crippen molar-refractivity contribution in [3.63, 3.8) is 0 Å². The van der Waals surface area contributed by atoms with Crippen LogP contribution < -0.4 is 4.90 Å². The number of hydrogen-bond donors (Lipinski definition) is 2. The fourth-order valence-corrected chi connectivity index (χ4v) is 2.58. The van der Waals surface area contributed by atoms with Crippen LogP contribution >= 0.6 is 0 Å². The van der Waals surface area contributed by atoms with E-state index in [0.717, 1.165) is 29.1 Å². The number of aromatic nitrogens is 2. The van der Waals surface area contributed by atoms with Crippen molar-refractivity contribution in [2.45, 2.75) is 6.92 Å². The molecule has 102 valence electrons. The normalized spacial score (nSPS) is 17.4. The SMILES string of the molecule is Cc1nc2ccc(N(C)CC3(CO)COC3)cc2[nH]1. The minimum absolute atomic E-state index is 0.104. The Kier molecular flexibility index (Phi) is 2.95. The summed E-state index contributed by atoms with van der Waals surface area (Å²) >= 11 is 0. The number of nitrogens with zero attached hydrogens (tertiary/aromatic N) is 2. The Bertz CT molecular complexity index is 584. The Morgan fingerprint density at radius 1 is 1.47 bits per heavy atom. The second-order valence-electron chi connectivity index (χ2n) is 5.53. The molecule has 0 bridgehead atoms. The Hall–Kier alpha value is -1.59. The summed E-state index contributed by atoms with van der Waals surface area (Å²) in [6, 6.07) is 6.18. The lowest BCUT2D eigenvalue weighted by atomic mass is 9.86. The zero-order chi connectivity index (χ0) is 13.5. The quantitative estimate of drug-likeness (QED) is 0.871. The van der Waals surface area contributed by atoms with Gasteiger partial charge in [-0.2, -0.15) is 0 Å². The number of rotatable bonds is 4. The number of imidazole rings is 1. The number of aliphatic hydroxyl groups is 1. The molecule has 0 amide bonds. The number of aliphatic hydroxyl groups excluding tert-OH is 1. The number of benzene rings is 1. The highest BCUT2D eigenvalue weighted by Gasteiger charge is 2.39. The van der Waals surface area contributed by atoms with Crippen LogP contribution in [0.25, 0.3) is 11.0 Å². The van der Waals surface area contributed by atoms with Crippen LogP contribution in [0.4, 0.5) is 5.69 Å². The summed E-state index contributed by atoms with van der Waals surface area (Å²) < 4.78 is 5.24. The van der Waals surface area contributed by atoms with Crippen LogP contribution in [0.5, 0.6) is 0 Å². The molecule has 1 aromatic heterocycles. The number of ether oxygens (including phenoxy) is 1. The highest BCUT2D eigenvalue weighted by molar-refractivity contribution is 5.79. The van der Waals surface area contributed by atoms with Crippen LogP contribution in [0.2, 0.25) is 0 Å². The Morgan fingerprint density at radius 2 is 2.26 bits per heavy atom. The third-order valence-corrected chi connectivity index (χ3v) is 3.75. The van der Waals surface area contributed by atoms with Crippen molar-refractivity contribution in [3.05, 3.63) is 24.0 Å². The summed E-state index contributed by atoms with van der Waals surface area (Å²) in [5.41, 5.74) is 3.05. The smallest absolute Gasteiger partial charge is 0.104 e. The van der Waals surface area contributed by atoms with Crippen LogP contribution in [-0.4, -0.2) is 48.5 Å². The van der Waals surface area contributed by atoms with Gasteiger partial charge in [0.1, 0.15) is 5.82 Å². The number of anilines is 1. The Labute approximate surface area is 112 Å². The van der Waals surface area contributed by atoms with Gasteiger partial charge < -0.3 is 19.7 Å². The number of H-pyrrole nitrogens is 1. The summed E-state index contributed by atoms with van der Waals surface area (Å²) in [5, 5.41) is 9.48. The van der Waals surface area contributed by atoms with Crippen molar-refractivity contribution >= 4 is 16.7 Å². The molecule has 0 atom stereocenters. The lowest BCUT2D eigenvalue weighted by Crippen LogP contribution is -2.52. The summed E-state index contributed by atoms with van der Waals surface area (Å²) in [7, 11) is 2.04. The number of nitrogens with one attached hydrogen (secondary N) is 1. The second-order valence-corrected chi connectivity index (χ2v) is 5.53.